The van der Waals surface area contributed by atoms with E-state index in [0.717, 1.165) is 0 Å². The van der Waals surface area contributed by atoms with Crippen LogP contribution in [0.15, 0.2) is 35.4 Å². The predicted octanol–water partition coefficient (Wildman–Crippen LogP) is 4.09. The molecule has 0 aliphatic rings. The van der Waals surface area contributed by atoms with Crippen LogP contribution in [0.1, 0.15) is 12.5 Å². The number of para-hydroxylation sites is 1. The molecule has 2 aromatic rings. The largest absolute Gasteiger partial charge is 0.493 e. The molecule has 0 aromatic heterocycles. The highest BCUT2D eigenvalue weighted by Gasteiger charge is 2.18. The maximum Gasteiger partial charge on any atom is 0.186 e. The molecule has 0 amide bonds. The van der Waals surface area contributed by atoms with Gasteiger partial charge in [0.2, 0.25) is 0 Å². The third-order valence-corrected chi connectivity index (χ3v) is 2.71. The molecule has 116 valence electrons. The second-order valence-corrected chi connectivity index (χ2v) is 4.18. The summed E-state index contributed by atoms with van der Waals surface area (Å²) in [7, 11) is 0. The van der Waals surface area contributed by atoms with Crippen LogP contribution < -0.4 is 10.2 Å². The van der Waals surface area contributed by atoms with Crippen molar-refractivity contribution in [1.29, 1.82) is 0 Å². The van der Waals surface area contributed by atoms with Gasteiger partial charge in [0.05, 0.1) is 12.8 Å². The highest BCUT2D eigenvalue weighted by atomic mass is 19.2. The molecule has 2 aromatic carbocycles. The number of hydrogen-bond donors (Lipinski definition) is 1. The van der Waals surface area contributed by atoms with Gasteiger partial charge in [0.1, 0.15) is 11.4 Å². The standard InChI is InChI=1S/C15H12F4N2O/c1-2-22-12-6-4-3-5-9(12)8-20-21-15-13(18)10(16)7-11(17)14(15)19/h3-8,21H,2H2,1H3/b20-8+. The van der Waals surface area contributed by atoms with Crippen LogP contribution in [0, 0.1) is 23.3 Å². The van der Waals surface area contributed by atoms with Crippen LogP contribution in [0.3, 0.4) is 0 Å². The minimum absolute atomic E-state index is 0.129. The van der Waals surface area contributed by atoms with E-state index < -0.39 is 29.0 Å². The van der Waals surface area contributed by atoms with Gasteiger partial charge in [-0.1, -0.05) is 12.1 Å². The molecule has 0 saturated heterocycles. The summed E-state index contributed by atoms with van der Waals surface area (Å²) in [5.74, 6) is -5.59. The molecule has 2 rings (SSSR count). The van der Waals surface area contributed by atoms with Gasteiger partial charge in [-0.2, -0.15) is 5.10 Å². The number of nitrogens with zero attached hydrogens (tertiary/aromatic N) is 1. The van der Waals surface area contributed by atoms with Crippen molar-refractivity contribution in [2.45, 2.75) is 6.92 Å². The van der Waals surface area contributed by atoms with Crippen molar-refractivity contribution in [2.24, 2.45) is 5.10 Å². The van der Waals surface area contributed by atoms with Crippen LogP contribution in [0.4, 0.5) is 23.2 Å². The molecule has 0 fully saturated rings. The third-order valence-electron chi connectivity index (χ3n) is 2.71. The molecule has 0 spiro atoms. The van der Waals surface area contributed by atoms with E-state index in [-0.39, 0.29) is 6.07 Å². The molecule has 0 radical (unpaired) electrons. The van der Waals surface area contributed by atoms with Crippen molar-refractivity contribution < 1.29 is 22.3 Å². The first kappa shape index (κ1) is 15.8. The third kappa shape index (κ3) is 3.36. The summed E-state index contributed by atoms with van der Waals surface area (Å²) in [6.07, 6.45) is 1.23. The normalized spacial score (nSPS) is 11.0. The molecule has 0 atom stereocenters. The molecule has 0 aliphatic carbocycles. The maximum absolute atomic E-state index is 13.4. The summed E-state index contributed by atoms with van der Waals surface area (Å²) >= 11 is 0. The number of hydrogen-bond acceptors (Lipinski definition) is 3. The van der Waals surface area contributed by atoms with Gasteiger partial charge in [-0.25, -0.2) is 17.6 Å². The Bertz CT molecular complexity index is 678. The van der Waals surface area contributed by atoms with Crippen LogP contribution in [-0.4, -0.2) is 12.8 Å². The lowest BCUT2D eigenvalue weighted by atomic mass is 10.2. The number of hydrazone groups is 1. The molecule has 22 heavy (non-hydrogen) atoms. The lowest BCUT2D eigenvalue weighted by Crippen LogP contribution is -2.03. The van der Waals surface area contributed by atoms with Crippen molar-refractivity contribution in [3.8, 4) is 5.75 Å². The average Bonchev–Trinajstić information content (AvgIpc) is 2.50. The van der Waals surface area contributed by atoms with Crippen molar-refractivity contribution in [1.82, 2.24) is 0 Å². The van der Waals surface area contributed by atoms with Gasteiger partial charge < -0.3 is 4.74 Å². The zero-order valence-electron chi connectivity index (χ0n) is 11.5. The minimum Gasteiger partial charge on any atom is -0.493 e. The molecule has 0 unspecified atom stereocenters. The van der Waals surface area contributed by atoms with E-state index in [2.05, 4.69) is 5.10 Å². The van der Waals surface area contributed by atoms with Crippen molar-refractivity contribution in [3.05, 3.63) is 59.2 Å². The zero-order valence-corrected chi connectivity index (χ0v) is 11.5. The maximum atomic E-state index is 13.4. The summed E-state index contributed by atoms with van der Waals surface area (Å²) in [5.41, 5.74) is 1.50. The van der Waals surface area contributed by atoms with Gasteiger partial charge in [-0.3, -0.25) is 5.43 Å². The second-order valence-electron chi connectivity index (χ2n) is 4.18. The number of halogens is 4. The fourth-order valence-corrected chi connectivity index (χ4v) is 1.71. The minimum atomic E-state index is -1.55. The molecule has 0 bridgehead atoms. The zero-order chi connectivity index (χ0) is 16.1. The fourth-order valence-electron chi connectivity index (χ4n) is 1.71. The first-order valence-corrected chi connectivity index (χ1v) is 6.38. The Morgan fingerprint density at radius 2 is 1.73 bits per heavy atom. The van der Waals surface area contributed by atoms with Gasteiger partial charge in [0.15, 0.2) is 23.3 Å². The van der Waals surface area contributed by atoms with E-state index >= 15 is 0 Å². The fraction of sp³-hybridized carbons (Fsp3) is 0.133. The summed E-state index contributed by atoms with van der Waals surface area (Å²) in [6.45, 7) is 2.23. The lowest BCUT2D eigenvalue weighted by Gasteiger charge is -2.07. The Morgan fingerprint density at radius 1 is 1.09 bits per heavy atom. The summed E-state index contributed by atoms with van der Waals surface area (Å²) in [4.78, 5) is 0. The van der Waals surface area contributed by atoms with Crippen LogP contribution in [-0.2, 0) is 0 Å². The van der Waals surface area contributed by atoms with Crippen molar-refractivity contribution in [2.75, 3.05) is 12.0 Å². The van der Waals surface area contributed by atoms with Gasteiger partial charge in [-0.15, -0.1) is 0 Å². The molecule has 0 aliphatic heterocycles. The number of anilines is 1. The first-order chi connectivity index (χ1) is 10.5. The molecular weight excluding hydrogens is 300 g/mol. The SMILES string of the molecule is CCOc1ccccc1/C=N/Nc1c(F)c(F)cc(F)c1F. The summed E-state index contributed by atoms with van der Waals surface area (Å²) in [5, 5.41) is 3.59. The van der Waals surface area contributed by atoms with Gasteiger partial charge in [0.25, 0.3) is 0 Å². The number of rotatable bonds is 5. The lowest BCUT2D eigenvalue weighted by molar-refractivity contribution is 0.340. The van der Waals surface area contributed by atoms with Crippen molar-refractivity contribution in [3.63, 3.8) is 0 Å². The molecular formula is C15H12F4N2O. The second kappa shape index (κ2) is 6.93. The highest BCUT2D eigenvalue weighted by molar-refractivity contribution is 5.84. The Labute approximate surface area is 124 Å². The molecule has 7 heteroatoms. The molecule has 1 N–H and O–H groups in total. The summed E-state index contributed by atoms with van der Waals surface area (Å²) in [6, 6.07) is 6.94. The summed E-state index contributed by atoms with van der Waals surface area (Å²) < 4.78 is 58.3. The Hall–Kier alpha value is -2.57. The van der Waals surface area contributed by atoms with E-state index in [1.165, 1.54) is 6.21 Å². The quantitative estimate of drug-likeness (QED) is 0.390. The number of nitrogens with one attached hydrogen (secondary N) is 1. The van der Waals surface area contributed by atoms with E-state index in [0.29, 0.717) is 17.9 Å². The van der Waals surface area contributed by atoms with Gasteiger partial charge in [-0.05, 0) is 19.1 Å². The van der Waals surface area contributed by atoms with Crippen LogP contribution in [0.25, 0.3) is 0 Å². The van der Waals surface area contributed by atoms with Crippen LogP contribution >= 0.6 is 0 Å². The van der Waals surface area contributed by atoms with E-state index in [4.69, 9.17) is 4.74 Å². The Balaban J connectivity index is 2.24. The van der Waals surface area contributed by atoms with Gasteiger partial charge >= 0.3 is 0 Å². The Kier molecular flexibility index (Phi) is 4.98. The van der Waals surface area contributed by atoms with Crippen molar-refractivity contribution >= 4 is 11.9 Å². The average molecular weight is 312 g/mol. The molecule has 0 heterocycles. The molecule has 3 nitrogen and oxygen atoms in total. The van der Waals surface area contributed by atoms with Crippen LogP contribution in [0.5, 0.6) is 5.75 Å². The number of benzene rings is 2. The van der Waals surface area contributed by atoms with E-state index in [1.807, 2.05) is 5.43 Å². The van der Waals surface area contributed by atoms with Crippen LogP contribution in [0.2, 0.25) is 0 Å². The van der Waals surface area contributed by atoms with E-state index in [1.54, 1.807) is 31.2 Å². The highest BCUT2D eigenvalue weighted by Crippen LogP contribution is 2.24. The first-order valence-electron chi connectivity index (χ1n) is 6.38. The topological polar surface area (TPSA) is 33.6 Å². The van der Waals surface area contributed by atoms with Gasteiger partial charge in [0, 0.05) is 11.6 Å². The predicted molar refractivity (Wildman–Crippen MR) is 75.1 cm³/mol. The monoisotopic (exact) mass is 312 g/mol. The smallest absolute Gasteiger partial charge is 0.186 e. The molecule has 0 saturated carbocycles. The Morgan fingerprint density at radius 3 is 2.36 bits per heavy atom. The van der Waals surface area contributed by atoms with E-state index in [9.17, 15) is 17.6 Å². The number of ether oxygens (including phenoxy) is 1.